The van der Waals surface area contributed by atoms with Crippen LogP contribution in [0.5, 0.6) is 0 Å². The van der Waals surface area contributed by atoms with E-state index in [1.165, 1.54) is 44.9 Å². The van der Waals surface area contributed by atoms with Crippen molar-refractivity contribution in [1.29, 1.82) is 0 Å². The molecule has 124 valence electrons. The third-order valence-corrected chi connectivity index (χ3v) is 8.23. The molecule has 0 aliphatic heterocycles. The molecule has 3 aliphatic carbocycles. The van der Waals surface area contributed by atoms with Gasteiger partial charge in [-0.3, -0.25) is 0 Å². The molecular formula is C21H29NS. The number of thiocarbonyl (C=S) groups is 1. The number of hydrogen-bond donors (Lipinski definition) is 1. The van der Waals surface area contributed by atoms with E-state index < -0.39 is 0 Å². The lowest BCUT2D eigenvalue weighted by Gasteiger charge is -2.80. The summed E-state index contributed by atoms with van der Waals surface area (Å²) in [6, 6.07) is 11.2. The van der Waals surface area contributed by atoms with E-state index in [1.807, 2.05) is 0 Å². The Kier molecular flexibility index (Phi) is 3.43. The number of benzene rings is 1. The molecule has 0 amide bonds. The average molecular weight is 328 g/mol. The van der Waals surface area contributed by atoms with Crippen molar-refractivity contribution in [3.63, 3.8) is 0 Å². The van der Waals surface area contributed by atoms with Gasteiger partial charge in [0.25, 0.3) is 0 Å². The quantitative estimate of drug-likeness (QED) is 0.750. The van der Waals surface area contributed by atoms with Crippen LogP contribution in [0.2, 0.25) is 0 Å². The van der Waals surface area contributed by atoms with Gasteiger partial charge < -0.3 is 5.73 Å². The van der Waals surface area contributed by atoms with Crippen LogP contribution >= 0.6 is 12.2 Å². The third-order valence-electron chi connectivity index (χ3n) is 7.84. The van der Waals surface area contributed by atoms with Crippen molar-refractivity contribution in [2.45, 2.75) is 64.2 Å². The second-order valence-electron chi connectivity index (χ2n) is 8.41. The third kappa shape index (κ3) is 1.61. The molecule has 4 rings (SSSR count). The summed E-state index contributed by atoms with van der Waals surface area (Å²) < 4.78 is 0. The molecule has 0 heterocycles. The van der Waals surface area contributed by atoms with E-state index in [9.17, 15) is 0 Å². The maximum Gasteiger partial charge on any atom is 0.0796 e. The fraction of sp³-hybridized carbons (Fsp3) is 0.667. The van der Waals surface area contributed by atoms with Gasteiger partial charge in [-0.1, -0.05) is 75.7 Å². The normalized spacial score (nSPS) is 43.9. The van der Waals surface area contributed by atoms with Gasteiger partial charge in [-0.15, -0.1) is 0 Å². The highest BCUT2D eigenvalue weighted by Gasteiger charge is 2.84. The van der Waals surface area contributed by atoms with Crippen LogP contribution in [-0.4, -0.2) is 4.99 Å². The van der Waals surface area contributed by atoms with Crippen molar-refractivity contribution in [3.05, 3.63) is 35.9 Å². The van der Waals surface area contributed by atoms with Gasteiger partial charge >= 0.3 is 0 Å². The summed E-state index contributed by atoms with van der Waals surface area (Å²) in [6.07, 6.45) is 9.05. The Hall–Kier alpha value is -0.890. The Bertz CT molecular complexity index is 626. The van der Waals surface area contributed by atoms with Gasteiger partial charge in [0.05, 0.1) is 4.99 Å². The summed E-state index contributed by atoms with van der Waals surface area (Å²) in [5, 5.41) is 0. The van der Waals surface area contributed by atoms with Crippen LogP contribution in [-0.2, 0) is 5.41 Å². The second-order valence-corrected chi connectivity index (χ2v) is 8.85. The van der Waals surface area contributed by atoms with Crippen molar-refractivity contribution in [2.75, 3.05) is 0 Å². The van der Waals surface area contributed by atoms with Crippen LogP contribution < -0.4 is 5.73 Å². The lowest BCUT2D eigenvalue weighted by Crippen LogP contribution is -2.79. The molecule has 0 saturated heterocycles. The Morgan fingerprint density at radius 1 is 1.17 bits per heavy atom. The van der Waals surface area contributed by atoms with Gasteiger partial charge in [0.1, 0.15) is 0 Å². The van der Waals surface area contributed by atoms with Crippen molar-refractivity contribution < 1.29 is 0 Å². The predicted octanol–water partition coefficient (Wildman–Crippen LogP) is 5.23. The molecule has 2 N–H and O–H groups in total. The van der Waals surface area contributed by atoms with Gasteiger partial charge in [0, 0.05) is 10.8 Å². The first-order valence-corrected chi connectivity index (χ1v) is 9.82. The molecule has 1 nitrogen and oxygen atoms in total. The summed E-state index contributed by atoms with van der Waals surface area (Å²) >= 11 is 5.67. The minimum absolute atomic E-state index is 0.150. The molecule has 5 atom stereocenters. The monoisotopic (exact) mass is 327 g/mol. The smallest absolute Gasteiger partial charge is 0.0796 e. The van der Waals surface area contributed by atoms with Gasteiger partial charge in [-0.25, -0.2) is 0 Å². The zero-order valence-electron chi connectivity index (χ0n) is 14.5. The Balaban J connectivity index is 1.80. The Morgan fingerprint density at radius 3 is 2.52 bits per heavy atom. The first-order chi connectivity index (χ1) is 11.1. The van der Waals surface area contributed by atoms with E-state index in [-0.39, 0.29) is 5.41 Å². The summed E-state index contributed by atoms with van der Waals surface area (Å²) in [4.78, 5) is 0.820. The maximum atomic E-state index is 6.40. The topological polar surface area (TPSA) is 26.0 Å². The molecule has 0 aromatic heterocycles. The van der Waals surface area contributed by atoms with Crippen LogP contribution in [0, 0.1) is 22.7 Å². The Morgan fingerprint density at radius 2 is 1.91 bits per heavy atom. The Labute approximate surface area is 146 Å². The van der Waals surface area contributed by atoms with Crippen molar-refractivity contribution in [2.24, 2.45) is 28.4 Å². The van der Waals surface area contributed by atoms with Gasteiger partial charge in [-0.05, 0) is 48.5 Å². The highest BCUT2D eigenvalue weighted by atomic mass is 32.1. The van der Waals surface area contributed by atoms with E-state index in [1.54, 1.807) is 5.56 Å². The average Bonchev–Trinajstić information content (AvgIpc) is 2.87. The number of hydrogen-bond acceptors (Lipinski definition) is 1. The molecule has 1 aromatic carbocycles. The van der Waals surface area contributed by atoms with E-state index in [0.717, 1.165) is 16.8 Å². The fourth-order valence-electron chi connectivity index (χ4n) is 7.26. The first kappa shape index (κ1) is 15.6. The lowest BCUT2D eigenvalue weighted by molar-refractivity contribution is -0.239. The number of nitrogens with two attached hydrogens (primary N) is 1. The van der Waals surface area contributed by atoms with Crippen LogP contribution in [0.1, 0.15) is 64.4 Å². The highest BCUT2D eigenvalue weighted by Crippen LogP contribution is 2.87. The summed E-state index contributed by atoms with van der Waals surface area (Å²) in [5.74, 6) is 1.63. The minimum atomic E-state index is 0.150. The molecule has 2 heteroatoms. The zero-order chi connectivity index (χ0) is 16.3. The van der Waals surface area contributed by atoms with Crippen LogP contribution in [0.4, 0.5) is 0 Å². The molecule has 23 heavy (non-hydrogen) atoms. The zero-order valence-corrected chi connectivity index (χ0v) is 15.3. The van der Waals surface area contributed by atoms with Crippen LogP contribution in [0.15, 0.2) is 30.3 Å². The second kappa shape index (κ2) is 5.05. The molecule has 3 fully saturated rings. The van der Waals surface area contributed by atoms with Crippen molar-refractivity contribution >= 4 is 17.2 Å². The van der Waals surface area contributed by atoms with Gasteiger partial charge in [-0.2, -0.15) is 0 Å². The molecule has 3 saturated carbocycles. The SMILES string of the molecule is CCCC1CC2(C(N)=S)CC3(c4ccccc4)CC(CC)C23C1. The first-order valence-electron chi connectivity index (χ1n) is 9.42. The molecular weight excluding hydrogens is 298 g/mol. The summed E-state index contributed by atoms with van der Waals surface area (Å²) in [7, 11) is 0. The molecule has 0 bridgehead atoms. The molecule has 0 radical (unpaired) electrons. The maximum absolute atomic E-state index is 6.40. The van der Waals surface area contributed by atoms with E-state index in [4.69, 9.17) is 18.0 Å². The van der Waals surface area contributed by atoms with Crippen molar-refractivity contribution in [3.8, 4) is 0 Å². The van der Waals surface area contributed by atoms with Gasteiger partial charge in [0.2, 0.25) is 0 Å². The number of rotatable bonds is 5. The summed E-state index contributed by atoms with van der Waals surface area (Å²) in [6.45, 7) is 4.68. The summed E-state index contributed by atoms with van der Waals surface area (Å²) in [5.41, 5.74) is 8.82. The molecule has 5 unspecified atom stereocenters. The standard InChI is InChI=1S/C21H29NS/c1-3-8-15-11-20(18(22)23)14-19(17-9-6-5-7-10-17)13-16(4-2)21(19,20)12-15/h5-7,9-10,15-16H,3-4,8,11-14H2,1-2H3,(H2,22,23). The van der Waals surface area contributed by atoms with E-state index in [2.05, 4.69) is 44.2 Å². The lowest BCUT2D eigenvalue weighted by atomic mass is 9.23. The molecule has 3 aliphatic rings. The van der Waals surface area contributed by atoms with E-state index >= 15 is 0 Å². The highest BCUT2D eigenvalue weighted by molar-refractivity contribution is 7.80. The van der Waals surface area contributed by atoms with E-state index in [0.29, 0.717) is 10.8 Å². The van der Waals surface area contributed by atoms with Crippen LogP contribution in [0.25, 0.3) is 0 Å². The largest absolute Gasteiger partial charge is 0.393 e. The molecule has 1 spiro atoms. The minimum Gasteiger partial charge on any atom is -0.393 e. The molecule has 1 aromatic rings. The fourth-order valence-corrected chi connectivity index (χ4v) is 7.60. The predicted molar refractivity (Wildman–Crippen MR) is 100 cm³/mol. The van der Waals surface area contributed by atoms with Crippen molar-refractivity contribution in [1.82, 2.24) is 0 Å². The van der Waals surface area contributed by atoms with Crippen LogP contribution in [0.3, 0.4) is 0 Å². The van der Waals surface area contributed by atoms with Gasteiger partial charge in [0.15, 0.2) is 0 Å².